The minimum atomic E-state index is -0.136. The summed E-state index contributed by atoms with van der Waals surface area (Å²) in [5.41, 5.74) is 0.723. The molecule has 0 spiro atoms. The first-order chi connectivity index (χ1) is 12.2. The number of aromatic nitrogens is 3. The molecule has 4 fully saturated rings. The Kier molecular flexibility index (Phi) is 3.40. The molecule has 2 aromatic heterocycles. The first kappa shape index (κ1) is 15.0. The van der Waals surface area contributed by atoms with Crippen LogP contribution in [0.2, 0.25) is 0 Å². The third-order valence-electron chi connectivity index (χ3n) is 6.33. The van der Waals surface area contributed by atoms with E-state index in [0.29, 0.717) is 18.3 Å². The van der Waals surface area contributed by atoms with Crippen LogP contribution in [-0.4, -0.2) is 21.0 Å². The molecule has 0 aromatic carbocycles. The van der Waals surface area contributed by atoms with Gasteiger partial charge in [-0.3, -0.25) is 9.78 Å². The Morgan fingerprint density at radius 3 is 2.40 bits per heavy atom. The van der Waals surface area contributed by atoms with Gasteiger partial charge in [-0.15, -0.1) is 0 Å². The summed E-state index contributed by atoms with van der Waals surface area (Å²) >= 11 is 0. The molecular weight excluding hydrogens is 316 g/mol. The van der Waals surface area contributed by atoms with E-state index < -0.39 is 0 Å². The molecule has 6 heteroatoms. The predicted octanol–water partition coefficient (Wildman–Crippen LogP) is 2.96. The number of nitrogens with zero attached hydrogens (tertiary/aromatic N) is 3. The van der Waals surface area contributed by atoms with Crippen molar-refractivity contribution in [2.45, 2.75) is 45.1 Å². The Hall–Kier alpha value is -2.24. The van der Waals surface area contributed by atoms with Crippen LogP contribution in [0.15, 0.2) is 29.0 Å². The van der Waals surface area contributed by atoms with Crippen molar-refractivity contribution in [2.75, 3.05) is 0 Å². The number of hydrogen-bond donors (Lipinski definition) is 1. The Morgan fingerprint density at radius 1 is 1.12 bits per heavy atom. The topological polar surface area (TPSA) is 80.9 Å². The number of carbonyl (C=O) groups is 1. The van der Waals surface area contributed by atoms with E-state index in [1.54, 1.807) is 12.4 Å². The van der Waals surface area contributed by atoms with E-state index >= 15 is 0 Å². The van der Waals surface area contributed by atoms with Gasteiger partial charge in [-0.05, 0) is 68.4 Å². The molecule has 1 amide bonds. The molecule has 2 aromatic rings. The molecule has 0 aliphatic heterocycles. The fraction of sp³-hybridized carbons (Fsp3) is 0.579. The molecule has 6 nitrogen and oxygen atoms in total. The van der Waals surface area contributed by atoms with Gasteiger partial charge in [0.1, 0.15) is 0 Å². The van der Waals surface area contributed by atoms with Crippen molar-refractivity contribution in [3.63, 3.8) is 0 Å². The minimum absolute atomic E-state index is 0.136. The molecule has 4 bridgehead atoms. The Morgan fingerprint density at radius 2 is 1.76 bits per heavy atom. The fourth-order valence-electron chi connectivity index (χ4n) is 5.68. The number of amides is 1. The number of carbonyl (C=O) groups excluding carboxylic acids is 1. The summed E-state index contributed by atoms with van der Waals surface area (Å²) in [4.78, 5) is 21.3. The average Bonchev–Trinajstić information content (AvgIpc) is 3.08. The Bertz CT molecular complexity index is 750. The average molecular weight is 338 g/mol. The lowest BCUT2D eigenvalue weighted by Gasteiger charge is -2.55. The zero-order chi connectivity index (χ0) is 16.9. The van der Waals surface area contributed by atoms with Crippen LogP contribution < -0.4 is 5.32 Å². The number of nitrogens with one attached hydrogen (secondary N) is 1. The molecule has 130 valence electrons. The molecule has 2 heterocycles. The van der Waals surface area contributed by atoms with Crippen LogP contribution >= 0.6 is 0 Å². The normalized spacial score (nSPS) is 32.7. The fourth-order valence-corrected chi connectivity index (χ4v) is 5.68. The Labute approximate surface area is 146 Å². The van der Waals surface area contributed by atoms with Crippen molar-refractivity contribution in [3.8, 4) is 11.4 Å². The summed E-state index contributed by atoms with van der Waals surface area (Å²) in [5.74, 6) is 3.46. The molecule has 0 unspecified atom stereocenters. The maximum absolute atomic E-state index is 12.9. The lowest BCUT2D eigenvalue weighted by molar-refractivity contribution is -0.146. The lowest BCUT2D eigenvalue weighted by Crippen LogP contribution is -2.53. The molecule has 4 aliphatic rings. The summed E-state index contributed by atoms with van der Waals surface area (Å²) in [6.45, 7) is 0.304. The Balaban J connectivity index is 1.26. The maximum Gasteiger partial charge on any atom is 0.246 e. The van der Waals surface area contributed by atoms with Crippen LogP contribution in [0.5, 0.6) is 0 Å². The molecule has 0 saturated heterocycles. The molecule has 0 atom stereocenters. The van der Waals surface area contributed by atoms with E-state index in [0.717, 1.165) is 42.6 Å². The van der Waals surface area contributed by atoms with Crippen molar-refractivity contribution < 1.29 is 9.32 Å². The minimum Gasteiger partial charge on any atom is -0.347 e. The number of rotatable bonds is 4. The van der Waals surface area contributed by atoms with Crippen LogP contribution in [0.3, 0.4) is 0 Å². The standard InChI is InChI=1S/C19H22N4O2/c24-18(19-8-12-5-13(9-19)7-14(6-12)10-19)21-11-16-22-17(23-25-16)15-1-3-20-4-2-15/h1-4,12-14H,5-11H2,(H,21,24). The second-order valence-corrected chi connectivity index (χ2v) is 8.13. The van der Waals surface area contributed by atoms with Gasteiger partial charge in [0.2, 0.25) is 17.6 Å². The van der Waals surface area contributed by atoms with Gasteiger partial charge >= 0.3 is 0 Å². The quantitative estimate of drug-likeness (QED) is 0.927. The van der Waals surface area contributed by atoms with E-state index in [1.165, 1.54) is 19.3 Å². The van der Waals surface area contributed by atoms with E-state index in [4.69, 9.17) is 4.52 Å². The molecule has 4 aliphatic carbocycles. The highest BCUT2D eigenvalue weighted by molar-refractivity contribution is 5.83. The molecule has 0 radical (unpaired) electrons. The predicted molar refractivity (Wildman–Crippen MR) is 90.0 cm³/mol. The highest BCUT2D eigenvalue weighted by Gasteiger charge is 2.54. The van der Waals surface area contributed by atoms with Gasteiger partial charge in [0.05, 0.1) is 6.54 Å². The van der Waals surface area contributed by atoms with Gasteiger partial charge in [0.25, 0.3) is 0 Å². The summed E-state index contributed by atoms with van der Waals surface area (Å²) in [5, 5.41) is 7.06. The van der Waals surface area contributed by atoms with Crippen LogP contribution in [-0.2, 0) is 11.3 Å². The summed E-state index contributed by atoms with van der Waals surface area (Å²) < 4.78 is 5.29. The summed E-state index contributed by atoms with van der Waals surface area (Å²) in [6, 6.07) is 3.67. The van der Waals surface area contributed by atoms with Gasteiger partial charge in [0.15, 0.2) is 0 Å². The van der Waals surface area contributed by atoms with Gasteiger partial charge in [-0.2, -0.15) is 4.98 Å². The molecule has 25 heavy (non-hydrogen) atoms. The summed E-state index contributed by atoms with van der Waals surface area (Å²) in [6.07, 6.45) is 10.6. The van der Waals surface area contributed by atoms with Gasteiger partial charge < -0.3 is 9.84 Å². The van der Waals surface area contributed by atoms with Crippen LogP contribution in [0.1, 0.15) is 44.4 Å². The van der Waals surface area contributed by atoms with Crippen molar-refractivity contribution in [1.29, 1.82) is 0 Å². The highest BCUT2D eigenvalue weighted by atomic mass is 16.5. The van der Waals surface area contributed by atoms with E-state index in [-0.39, 0.29) is 11.3 Å². The lowest BCUT2D eigenvalue weighted by atomic mass is 9.49. The zero-order valence-corrected chi connectivity index (χ0v) is 14.1. The SMILES string of the molecule is O=C(NCc1nc(-c2ccncc2)no1)C12CC3CC(CC(C3)C1)C2. The third-order valence-corrected chi connectivity index (χ3v) is 6.33. The largest absolute Gasteiger partial charge is 0.347 e. The first-order valence-corrected chi connectivity index (χ1v) is 9.21. The smallest absolute Gasteiger partial charge is 0.246 e. The van der Waals surface area contributed by atoms with E-state index in [2.05, 4.69) is 20.4 Å². The first-order valence-electron chi connectivity index (χ1n) is 9.21. The highest BCUT2D eigenvalue weighted by Crippen LogP contribution is 2.60. The van der Waals surface area contributed by atoms with Crippen molar-refractivity contribution in [2.24, 2.45) is 23.2 Å². The van der Waals surface area contributed by atoms with E-state index in [9.17, 15) is 4.79 Å². The molecule has 4 saturated carbocycles. The molecular formula is C19H22N4O2. The monoisotopic (exact) mass is 338 g/mol. The van der Waals surface area contributed by atoms with Crippen molar-refractivity contribution >= 4 is 5.91 Å². The van der Waals surface area contributed by atoms with Crippen LogP contribution in [0.25, 0.3) is 11.4 Å². The van der Waals surface area contributed by atoms with Gasteiger partial charge in [0, 0.05) is 23.4 Å². The molecule has 1 N–H and O–H groups in total. The zero-order valence-electron chi connectivity index (χ0n) is 14.1. The number of hydrogen-bond acceptors (Lipinski definition) is 5. The van der Waals surface area contributed by atoms with Crippen molar-refractivity contribution in [1.82, 2.24) is 20.4 Å². The van der Waals surface area contributed by atoms with E-state index in [1.807, 2.05) is 12.1 Å². The maximum atomic E-state index is 12.9. The van der Waals surface area contributed by atoms with Crippen LogP contribution in [0.4, 0.5) is 0 Å². The second-order valence-electron chi connectivity index (χ2n) is 8.13. The molecule has 6 rings (SSSR count). The second kappa shape index (κ2) is 5.64. The van der Waals surface area contributed by atoms with Crippen molar-refractivity contribution in [3.05, 3.63) is 30.4 Å². The van der Waals surface area contributed by atoms with Crippen LogP contribution in [0, 0.1) is 23.2 Å². The third kappa shape index (κ3) is 2.64. The van der Waals surface area contributed by atoms with Gasteiger partial charge in [-0.25, -0.2) is 0 Å². The summed E-state index contributed by atoms with van der Waals surface area (Å²) in [7, 11) is 0. The number of pyridine rings is 1. The van der Waals surface area contributed by atoms with Gasteiger partial charge in [-0.1, -0.05) is 5.16 Å².